The summed E-state index contributed by atoms with van der Waals surface area (Å²) < 4.78 is 13.7. The minimum atomic E-state index is -0.266. The summed E-state index contributed by atoms with van der Waals surface area (Å²) >= 11 is 6.03. The van der Waals surface area contributed by atoms with Crippen LogP contribution in [0.3, 0.4) is 0 Å². The Morgan fingerprint density at radius 3 is 2.19 bits per heavy atom. The monoisotopic (exact) mass is 305 g/mol. The van der Waals surface area contributed by atoms with Crippen molar-refractivity contribution >= 4 is 11.6 Å². The molecule has 0 aromatic heterocycles. The van der Waals surface area contributed by atoms with Gasteiger partial charge in [0.1, 0.15) is 5.82 Å². The highest BCUT2D eigenvalue weighted by molar-refractivity contribution is 6.31. The quantitative estimate of drug-likeness (QED) is 0.774. The Bertz CT molecular complexity index is 572. The fraction of sp³-hybridized carbons (Fsp3) is 0.333. The second-order valence-electron chi connectivity index (χ2n) is 5.62. The van der Waals surface area contributed by atoms with Gasteiger partial charge in [-0.1, -0.05) is 55.8 Å². The highest BCUT2D eigenvalue weighted by Crippen LogP contribution is 2.22. The molecule has 2 aromatic rings. The summed E-state index contributed by atoms with van der Waals surface area (Å²) in [6.07, 6.45) is 0. The first-order valence-electron chi connectivity index (χ1n) is 7.25. The second-order valence-corrected chi connectivity index (χ2v) is 6.03. The molecule has 0 aliphatic rings. The van der Waals surface area contributed by atoms with Gasteiger partial charge in [-0.3, -0.25) is 0 Å². The first-order valence-corrected chi connectivity index (χ1v) is 7.63. The Balaban J connectivity index is 2.03. The average molecular weight is 306 g/mol. The Hall–Kier alpha value is -1.38. The van der Waals surface area contributed by atoms with Gasteiger partial charge >= 0.3 is 0 Å². The molecule has 0 saturated heterocycles. The van der Waals surface area contributed by atoms with E-state index in [0.29, 0.717) is 23.0 Å². The normalized spacial score (nSPS) is 12.7. The van der Waals surface area contributed by atoms with Crippen LogP contribution in [0, 0.1) is 5.82 Å². The van der Waals surface area contributed by atoms with Gasteiger partial charge in [0.25, 0.3) is 0 Å². The highest BCUT2D eigenvalue weighted by atomic mass is 35.5. The van der Waals surface area contributed by atoms with Crippen LogP contribution in [-0.4, -0.2) is 0 Å². The summed E-state index contributed by atoms with van der Waals surface area (Å²) in [7, 11) is 0. The van der Waals surface area contributed by atoms with Crippen molar-refractivity contribution in [2.24, 2.45) is 0 Å². The highest BCUT2D eigenvalue weighted by Gasteiger charge is 2.10. The van der Waals surface area contributed by atoms with Crippen LogP contribution in [0.2, 0.25) is 5.02 Å². The van der Waals surface area contributed by atoms with Crippen molar-refractivity contribution in [3.8, 4) is 0 Å². The lowest BCUT2D eigenvalue weighted by Gasteiger charge is -2.16. The Kier molecular flexibility index (Phi) is 5.38. The number of rotatable bonds is 5. The van der Waals surface area contributed by atoms with Crippen molar-refractivity contribution in [2.45, 2.75) is 39.3 Å². The van der Waals surface area contributed by atoms with Gasteiger partial charge in [-0.2, -0.15) is 0 Å². The fourth-order valence-corrected chi connectivity index (χ4v) is 2.47. The molecule has 0 amide bonds. The molecule has 0 saturated carbocycles. The molecule has 1 atom stereocenters. The Morgan fingerprint density at radius 2 is 1.62 bits per heavy atom. The molecule has 2 rings (SSSR count). The van der Waals surface area contributed by atoms with E-state index in [1.54, 1.807) is 12.1 Å². The number of hydrogen-bond donors (Lipinski definition) is 1. The first-order chi connectivity index (χ1) is 9.99. The third-order valence-corrected chi connectivity index (χ3v) is 4.10. The van der Waals surface area contributed by atoms with E-state index in [-0.39, 0.29) is 11.9 Å². The van der Waals surface area contributed by atoms with Crippen molar-refractivity contribution < 1.29 is 4.39 Å². The van der Waals surface area contributed by atoms with Gasteiger partial charge in [0, 0.05) is 23.2 Å². The molecular formula is C18H21ClFN. The van der Waals surface area contributed by atoms with E-state index in [4.69, 9.17) is 11.6 Å². The maximum Gasteiger partial charge on any atom is 0.129 e. The van der Waals surface area contributed by atoms with Crippen molar-refractivity contribution in [3.63, 3.8) is 0 Å². The van der Waals surface area contributed by atoms with Gasteiger partial charge in [0.15, 0.2) is 0 Å². The SMILES string of the molecule is CC(C)c1ccc(C(C)NCc2c(F)cccc2Cl)cc1. The molecule has 21 heavy (non-hydrogen) atoms. The molecular weight excluding hydrogens is 285 g/mol. The lowest BCUT2D eigenvalue weighted by atomic mass is 9.99. The minimum absolute atomic E-state index is 0.141. The molecule has 1 unspecified atom stereocenters. The van der Waals surface area contributed by atoms with E-state index in [0.717, 1.165) is 0 Å². The lowest BCUT2D eigenvalue weighted by Crippen LogP contribution is -2.19. The third-order valence-electron chi connectivity index (χ3n) is 3.75. The van der Waals surface area contributed by atoms with Crippen molar-refractivity contribution in [1.82, 2.24) is 5.32 Å². The van der Waals surface area contributed by atoms with E-state index in [1.165, 1.54) is 17.2 Å². The zero-order valence-electron chi connectivity index (χ0n) is 12.7. The van der Waals surface area contributed by atoms with Gasteiger partial charge < -0.3 is 5.32 Å². The van der Waals surface area contributed by atoms with Crippen LogP contribution < -0.4 is 5.32 Å². The number of nitrogens with one attached hydrogen (secondary N) is 1. The zero-order valence-corrected chi connectivity index (χ0v) is 13.4. The van der Waals surface area contributed by atoms with E-state index < -0.39 is 0 Å². The molecule has 0 fully saturated rings. The van der Waals surface area contributed by atoms with Crippen molar-refractivity contribution in [2.75, 3.05) is 0 Å². The van der Waals surface area contributed by atoms with Crippen LogP contribution >= 0.6 is 11.6 Å². The standard InChI is InChI=1S/C18H21ClFN/c1-12(2)14-7-9-15(10-8-14)13(3)21-11-16-17(19)5-4-6-18(16)20/h4-10,12-13,21H,11H2,1-3H3. The topological polar surface area (TPSA) is 12.0 Å². The number of benzene rings is 2. The molecule has 0 aliphatic heterocycles. The molecule has 2 aromatic carbocycles. The van der Waals surface area contributed by atoms with Crippen LogP contribution in [0.1, 0.15) is 49.4 Å². The summed E-state index contributed by atoms with van der Waals surface area (Å²) in [5.74, 6) is 0.261. The molecule has 0 aliphatic carbocycles. The first kappa shape index (κ1) is 16.0. The number of halogens is 2. The maximum absolute atomic E-state index is 13.7. The van der Waals surface area contributed by atoms with Crippen LogP contribution in [0.15, 0.2) is 42.5 Å². The van der Waals surface area contributed by atoms with Crippen LogP contribution in [0.4, 0.5) is 4.39 Å². The van der Waals surface area contributed by atoms with Crippen molar-refractivity contribution in [1.29, 1.82) is 0 Å². The molecule has 1 N–H and O–H groups in total. The summed E-state index contributed by atoms with van der Waals surface area (Å²) in [4.78, 5) is 0. The largest absolute Gasteiger partial charge is 0.306 e. The van der Waals surface area contributed by atoms with Crippen LogP contribution in [-0.2, 0) is 6.54 Å². The van der Waals surface area contributed by atoms with E-state index in [1.807, 2.05) is 0 Å². The van der Waals surface area contributed by atoms with E-state index in [2.05, 4.69) is 50.4 Å². The average Bonchev–Trinajstić information content (AvgIpc) is 2.46. The Morgan fingerprint density at radius 1 is 1.00 bits per heavy atom. The molecule has 0 spiro atoms. The zero-order chi connectivity index (χ0) is 15.4. The van der Waals surface area contributed by atoms with E-state index >= 15 is 0 Å². The Labute approximate surface area is 131 Å². The lowest BCUT2D eigenvalue weighted by molar-refractivity contribution is 0.544. The molecule has 112 valence electrons. The molecule has 3 heteroatoms. The van der Waals surface area contributed by atoms with Crippen LogP contribution in [0.25, 0.3) is 0 Å². The van der Waals surface area contributed by atoms with Gasteiger partial charge in [0.05, 0.1) is 0 Å². The van der Waals surface area contributed by atoms with Crippen molar-refractivity contribution in [3.05, 3.63) is 70.0 Å². The summed E-state index contributed by atoms with van der Waals surface area (Å²) in [6, 6.07) is 13.4. The minimum Gasteiger partial charge on any atom is -0.306 e. The van der Waals surface area contributed by atoms with Crippen LogP contribution in [0.5, 0.6) is 0 Å². The number of hydrogen-bond acceptors (Lipinski definition) is 1. The summed E-state index contributed by atoms with van der Waals surface area (Å²) in [5, 5.41) is 3.78. The third kappa shape index (κ3) is 4.05. The summed E-state index contributed by atoms with van der Waals surface area (Å²) in [6.45, 7) is 6.84. The smallest absolute Gasteiger partial charge is 0.129 e. The predicted octanol–water partition coefficient (Wildman–Crippen LogP) is 5.45. The summed E-state index contributed by atoms with van der Waals surface area (Å²) in [5.41, 5.74) is 3.03. The molecule has 1 nitrogen and oxygen atoms in total. The molecule has 0 radical (unpaired) electrons. The van der Waals surface area contributed by atoms with Gasteiger partial charge in [0.2, 0.25) is 0 Å². The molecule has 0 heterocycles. The van der Waals surface area contributed by atoms with Gasteiger partial charge in [-0.25, -0.2) is 4.39 Å². The van der Waals surface area contributed by atoms with Gasteiger partial charge in [-0.15, -0.1) is 0 Å². The fourth-order valence-electron chi connectivity index (χ4n) is 2.24. The van der Waals surface area contributed by atoms with E-state index in [9.17, 15) is 4.39 Å². The maximum atomic E-state index is 13.7. The predicted molar refractivity (Wildman–Crippen MR) is 87.2 cm³/mol. The van der Waals surface area contributed by atoms with Gasteiger partial charge in [-0.05, 0) is 36.1 Å². The second kappa shape index (κ2) is 7.06. The molecule has 0 bridgehead atoms.